The second-order valence-electron chi connectivity index (χ2n) is 7.35. The number of fused-ring (bicyclic) bond motifs is 5. The van der Waals surface area contributed by atoms with Gasteiger partial charge < -0.3 is 15.4 Å². The number of carbonyl (C=O) groups is 3. The number of nitro groups is 1. The number of urea groups is 1. The lowest BCUT2D eigenvalue weighted by molar-refractivity contribution is -0.383. The van der Waals surface area contributed by atoms with Crippen molar-refractivity contribution in [2.75, 3.05) is 25.5 Å². The maximum Gasteiger partial charge on any atom is 0.319 e. The Morgan fingerprint density at radius 3 is 2.48 bits per heavy atom. The molecular formula is C19H20N4O6. The first kappa shape index (κ1) is 18.9. The van der Waals surface area contributed by atoms with Crippen molar-refractivity contribution in [1.29, 1.82) is 0 Å². The zero-order chi connectivity index (χ0) is 20.7. The van der Waals surface area contributed by atoms with E-state index in [9.17, 15) is 24.5 Å². The zero-order valence-electron chi connectivity index (χ0n) is 15.7. The lowest BCUT2D eigenvalue weighted by Gasteiger charge is -2.17. The van der Waals surface area contributed by atoms with Gasteiger partial charge in [-0.1, -0.05) is 12.2 Å². The van der Waals surface area contributed by atoms with Gasteiger partial charge in [-0.25, -0.2) is 4.79 Å². The van der Waals surface area contributed by atoms with E-state index >= 15 is 0 Å². The molecule has 0 aromatic heterocycles. The summed E-state index contributed by atoms with van der Waals surface area (Å²) < 4.78 is 5.02. The van der Waals surface area contributed by atoms with Crippen LogP contribution in [0.4, 0.5) is 16.2 Å². The number of rotatable bonds is 6. The standard InChI is InChI=1S/C19H20N4O6/c1-29-12-4-5-14(23(27)28)13(9-12)21-19(26)20-6-7-22-17(24)15-10-2-3-11(8-10)16(15)18(22)25/h2-5,9-11,15-16H,6-8H2,1H3,(H2,20,21,26). The summed E-state index contributed by atoms with van der Waals surface area (Å²) >= 11 is 0. The summed E-state index contributed by atoms with van der Waals surface area (Å²) in [5.74, 6) is -0.275. The molecule has 1 heterocycles. The number of allylic oxidation sites excluding steroid dienone is 2. The first-order valence-corrected chi connectivity index (χ1v) is 9.31. The van der Waals surface area contributed by atoms with Gasteiger partial charge in [0.1, 0.15) is 11.4 Å². The van der Waals surface area contributed by atoms with Crippen LogP contribution in [0.15, 0.2) is 30.4 Å². The number of hydrogen-bond acceptors (Lipinski definition) is 6. The van der Waals surface area contributed by atoms with E-state index in [0.717, 1.165) is 6.42 Å². The molecule has 1 aromatic carbocycles. The minimum Gasteiger partial charge on any atom is -0.497 e. The first-order valence-electron chi connectivity index (χ1n) is 9.31. The highest BCUT2D eigenvalue weighted by Gasteiger charge is 2.58. The molecule has 1 saturated heterocycles. The third kappa shape index (κ3) is 3.20. The minimum absolute atomic E-state index is 0.0163. The van der Waals surface area contributed by atoms with Crippen molar-refractivity contribution in [3.8, 4) is 5.75 Å². The van der Waals surface area contributed by atoms with E-state index in [4.69, 9.17) is 4.74 Å². The molecule has 152 valence electrons. The number of likely N-dealkylation sites (tertiary alicyclic amines) is 1. The van der Waals surface area contributed by atoms with Crippen molar-refractivity contribution in [2.24, 2.45) is 23.7 Å². The maximum absolute atomic E-state index is 12.6. The van der Waals surface area contributed by atoms with Crippen LogP contribution in [0, 0.1) is 33.8 Å². The Morgan fingerprint density at radius 1 is 1.24 bits per heavy atom. The maximum atomic E-state index is 12.6. The van der Waals surface area contributed by atoms with Crippen LogP contribution in [-0.4, -0.2) is 47.9 Å². The van der Waals surface area contributed by atoms with Crippen LogP contribution in [-0.2, 0) is 9.59 Å². The van der Waals surface area contributed by atoms with Crippen LogP contribution in [0.1, 0.15) is 6.42 Å². The summed E-state index contributed by atoms with van der Waals surface area (Å²) in [6.07, 6.45) is 4.90. The molecule has 0 radical (unpaired) electrons. The van der Waals surface area contributed by atoms with E-state index in [2.05, 4.69) is 10.6 Å². The molecule has 2 bridgehead atoms. The summed E-state index contributed by atoms with van der Waals surface area (Å²) in [5.41, 5.74) is -0.293. The number of amides is 4. The Morgan fingerprint density at radius 2 is 1.90 bits per heavy atom. The first-order chi connectivity index (χ1) is 13.9. The Balaban J connectivity index is 1.34. The third-order valence-corrected chi connectivity index (χ3v) is 5.83. The largest absolute Gasteiger partial charge is 0.497 e. The molecule has 4 atom stereocenters. The number of nitrogens with one attached hydrogen (secondary N) is 2. The molecule has 1 aliphatic heterocycles. The minimum atomic E-state index is -0.678. The number of ether oxygens (including phenoxy) is 1. The number of hydrogen-bond donors (Lipinski definition) is 2. The quantitative estimate of drug-likeness (QED) is 0.322. The second kappa shape index (κ2) is 7.19. The summed E-state index contributed by atoms with van der Waals surface area (Å²) in [4.78, 5) is 49.1. The van der Waals surface area contributed by atoms with Crippen LogP contribution < -0.4 is 15.4 Å². The fourth-order valence-electron chi connectivity index (χ4n) is 4.53. The zero-order valence-corrected chi connectivity index (χ0v) is 15.7. The second-order valence-corrected chi connectivity index (χ2v) is 7.35. The molecule has 3 aliphatic rings. The van der Waals surface area contributed by atoms with Gasteiger partial charge in [0.25, 0.3) is 5.69 Å². The van der Waals surface area contributed by atoms with E-state index in [1.165, 1.54) is 30.2 Å². The van der Waals surface area contributed by atoms with Crippen molar-refractivity contribution < 1.29 is 24.0 Å². The third-order valence-electron chi connectivity index (χ3n) is 5.83. The molecule has 10 nitrogen and oxygen atoms in total. The lowest BCUT2D eigenvalue weighted by atomic mass is 9.85. The molecule has 29 heavy (non-hydrogen) atoms. The van der Waals surface area contributed by atoms with E-state index in [1.807, 2.05) is 12.2 Å². The van der Waals surface area contributed by atoms with Crippen LogP contribution in [0.3, 0.4) is 0 Å². The van der Waals surface area contributed by atoms with Crippen molar-refractivity contribution in [2.45, 2.75) is 6.42 Å². The molecule has 1 aromatic rings. The van der Waals surface area contributed by atoms with Gasteiger partial charge in [-0.3, -0.25) is 24.6 Å². The molecule has 2 N–H and O–H groups in total. The van der Waals surface area contributed by atoms with Gasteiger partial charge in [-0.15, -0.1) is 0 Å². The van der Waals surface area contributed by atoms with E-state index in [-0.39, 0.29) is 60.0 Å². The molecular weight excluding hydrogens is 380 g/mol. The van der Waals surface area contributed by atoms with Crippen LogP contribution in [0.25, 0.3) is 0 Å². The fraction of sp³-hybridized carbons (Fsp3) is 0.421. The fourth-order valence-corrected chi connectivity index (χ4v) is 4.53. The van der Waals surface area contributed by atoms with Crippen molar-refractivity contribution in [3.63, 3.8) is 0 Å². The molecule has 4 unspecified atom stereocenters. The lowest BCUT2D eigenvalue weighted by Crippen LogP contribution is -2.40. The monoisotopic (exact) mass is 400 g/mol. The molecule has 0 spiro atoms. The van der Waals surface area contributed by atoms with Gasteiger partial charge >= 0.3 is 6.03 Å². The average Bonchev–Trinajstić information content (AvgIpc) is 3.37. The van der Waals surface area contributed by atoms with Gasteiger partial charge in [-0.05, 0) is 24.3 Å². The topological polar surface area (TPSA) is 131 Å². The van der Waals surface area contributed by atoms with Gasteiger partial charge in [-0.2, -0.15) is 0 Å². The summed E-state index contributed by atoms with van der Waals surface area (Å²) in [6, 6.07) is 3.32. The molecule has 1 saturated carbocycles. The van der Waals surface area contributed by atoms with Crippen LogP contribution in [0.5, 0.6) is 5.75 Å². The predicted molar refractivity (Wildman–Crippen MR) is 101 cm³/mol. The van der Waals surface area contributed by atoms with E-state index in [0.29, 0.717) is 5.75 Å². The smallest absolute Gasteiger partial charge is 0.319 e. The summed E-state index contributed by atoms with van der Waals surface area (Å²) in [6.45, 7) is 0.112. The van der Waals surface area contributed by atoms with Gasteiger partial charge in [0.2, 0.25) is 11.8 Å². The number of anilines is 1. The SMILES string of the molecule is COc1ccc([N+](=O)[O-])c(NC(=O)NCCN2C(=O)C3C4C=CC(C4)C3C2=O)c1. The number of imide groups is 1. The van der Waals surface area contributed by atoms with E-state index in [1.54, 1.807) is 0 Å². The van der Waals surface area contributed by atoms with Gasteiger partial charge in [0.05, 0.1) is 23.9 Å². The number of nitrogens with zero attached hydrogens (tertiary/aromatic N) is 2. The molecule has 10 heteroatoms. The number of benzene rings is 1. The summed E-state index contributed by atoms with van der Waals surface area (Å²) in [5, 5.41) is 16.1. The Hall–Kier alpha value is -3.43. The van der Waals surface area contributed by atoms with Crippen molar-refractivity contribution >= 4 is 29.2 Å². The number of carbonyl (C=O) groups excluding carboxylic acids is 3. The van der Waals surface area contributed by atoms with Crippen molar-refractivity contribution in [3.05, 3.63) is 40.5 Å². The van der Waals surface area contributed by atoms with Gasteiger partial charge in [0, 0.05) is 25.2 Å². The Kier molecular flexibility index (Phi) is 4.69. The van der Waals surface area contributed by atoms with Crippen LogP contribution in [0.2, 0.25) is 0 Å². The molecule has 2 aliphatic carbocycles. The Labute approximate surface area is 166 Å². The summed E-state index contributed by atoms with van der Waals surface area (Å²) in [7, 11) is 1.41. The molecule has 4 rings (SSSR count). The van der Waals surface area contributed by atoms with Crippen LogP contribution >= 0.6 is 0 Å². The van der Waals surface area contributed by atoms with Gasteiger partial charge in [0.15, 0.2) is 0 Å². The predicted octanol–water partition coefficient (Wildman–Crippen LogP) is 1.53. The number of nitro benzene ring substituents is 1. The van der Waals surface area contributed by atoms with Crippen molar-refractivity contribution in [1.82, 2.24) is 10.2 Å². The average molecular weight is 400 g/mol. The normalized spacial score (nSPS) is 26.6. The highest BCUT2D eigenvalue weighted by atomic mass is 16.6. The molecule has 2 fully saturated rings. The Bertz CT molecular complexity index is 899. The number of methoxy groups -OCH3 is 1. The highest BCUT2D eigenvalue weighted by molar-refractivity contribution is 6.06. The molecule has 4 amide bonds. The highest BCUT2D eigenvalue weighted by Crippen LogP contribution is 2.52. The van der Waals surface area contributed by atoms with E-state index < -0.39 is 11.0 Å².